The molecule has 0 saturated carbocycles. The van der Waals surface area contributed by atoms with E-state index in [1.54, 1.807) is 6.08 Å². The molecule has 0 heterocycles. The molecule has 0 N–H and O–H groups in total. The van der Waals surface area contributed by atoms with Crippen LogP contribution in [0.3, 0.4) is 0 Å². The minimum absolute atomic E-state index is 0. The lowest BCUT2D eigenvalue weighted by Crippen LogP contribution is -3.00. The van der Waals surface area contributed by atoms with E-state index in [1.165, 1.54) is 0 Å². The van der Waals surface area contributed by atoms with Crippen molar-refractivity contribution >= 4 is 21.7 Å². The summed E-state index contributed by atoms with van der Waals surface area (Å²) in [4.78, 5) is 12.3. The summed E-state index contributed by atoms with van der Waals surface area (Å²) in [6.07, 6.45) is 7.30. The first-order valence-electron chi connectivity index (χ1n) is 7.91. The molecular formula is C18H27BrClNO. The Labute approximate surface area is 149 Å². The number of rotatable bonds is 9. The molecule has 4 heteroatoms. The Balaban J connectivity index is 0.00000441. The van der Waals surface area contributed by atoms with E-state index in [-0.39, 0.29) is 18.2 Å². The summed E-state index contributed by atoms with van der Waals surface area (Å²) in [5.74, 6) is 0.0910. The van der Waals surface area contributed by atoms with Crippen molar-refractivity contribution in [1.82, 2.24) is 0 Å². The molecule has 1 rings (SSSR count). The predicted octanol–water partition coefficient (Wildman–Crippen LogP) is 2.20. The van der Waals surface area contributed by atoms with Crippen LogP contribution in [0.25, 0.3) is 0 Å². The number of benzene rings is 1. The summed E-state index contributed by atoms with van der Waals surface area (Å²) in [7, 11) is 0. The molecule has 0 atom stereocenters. The number of allylic oxidation sites excluding steroid dienone is 1. The Morgan fingerprint density at radius 1 is 1.00 bits per heavy atom. The van der Waals surface area contributed by atoms with E-state index in [1.807, 2.05) is 24.3 Å². The summed E-state index contributed by atoms with van der Waals surface area (Å²) < 4.78 is 1.92. The zero-order chi connectivity index (χ0) is 15.7. The van der Waals surface area contributed by atoms with Crippen LogP contribution in [0.15, 0.2) is 41.0 Å². The zero-order valence-electron chi connectivity index (χ0n) is 13.8. The number of hydrogen-bond acceptors (Lipinski definition) is 1. The largest absolute Gasteiger partial charge is 1.00 e. The third-order valence-corrected chi connectivity index (χ3v) is 4.21. The number of halogens is 2. The summed E-state index contributed by atoms with van der Waals surface area (Å²) in [5.41, 5.74) is 0.747. The maximum Gasteiger partial charge on any atom is 0.191 e. The van der Waals surface area contributed by atoms with Gasteiger partial charge in [-0.1, -0.05) is 36.7 Å². The highest BCUT2D eigenvalue weighted by molar-refractivity contribution is 9.10. The highest BCUT2D eigenvalue weighted by Crippen LogP contribution is 2.15. The van der Waals surface area contributed by atoms with Gasteiger partial charge in [-0.2, -0.15) is 0 Å². The van der Waals surface area contributed by atoms with E-state index in [0.717, 1.165) is 53.4 Å². The summed E-state index contributed by atoms with van der Waals surface area (Å²) in [6, 6.07) is 7.55. The van der Waals surface area contributed by atoms with E-state index in [4.69, 9.17) is 0 Å². The van der Waals surface area contributed by atoms with Crippen LogP contribution < -0.4 is 12.4 Å². The predicted molar refractivity (Wildman–Crippen MR) is 93.3 cm³/mol. The van der Waals surface area contributed by atoms with E-state index >= 15 is 0 Å². The van der Waals surface area contributed by atoms with Crippen LogP contribution in [0.5, 0.6) is 0 Å². The molecule has 1 aromatic carbocycles. The topological polar surface area (TPSA) is 17.1 Å². The molecule has 1 aromatic rings. The lowest BCUT2D eigenvalue weighted by atomic mass is 10.1. The third kappa shape index (κ3) is 6.64. The van der Waals surface area contributed by atoms with Crippen molar-refractivity contribution in [1.29, 1.82) is 0 Å². The van der Waals surface area contributed by atoms with Gasteiger partial charge in [-0.15, -0.1) is 0 Å². The van der Waals surface area contributed by atoms with Crippen molar-refractivity contribution in [3.63, 3.8) is 0 Å². The average Bonchev–Trinajstić information content (AvgIpc) is 2.46. The van der Waals surface area contributed by atoms with Crippen LogP contribution in [0.2, 0.25) is 0 Å². The van der Waals surface area contributed by atoms with Crippen LogP contribution in [0.4, 0.5) is 0 Å². The Morgan fingerprint density at radius 2 is 1.45 bits per heavy atom. The summed E-state index contributed by atoms with van der Waals surface area (Å²) in [5, 5.41) is 0. The van der Waals surface area contributed by atoms with E-state index in [0.29, 0.717) is 0 Å². The summed E-state index contributed by atoms with van der Waals surface area (Å²) >= 11 is 3.39. The molecule has 0 saturated heterocycles. The van der Waals surface area contributed by atoms with Gasteiger partial charge in [0.15, 0.2) is 5.78 Å². The third-order valence-electron chi connectivity index (χ3n) is 3.68. The van der Waals surface area contributed by atoms with Crippen molar-refractivity contribution in [2.45, 2.75) is 40.0 Å². The molecule has 22 heavy (non-hydrogen) atoms. The Morgan fingerprint density at radius 3 is 1.86 bits per heavy atom. The quantitative estimate of drug-likeness (QED) is 0.360. The van der Waals surface area contributed by atoms with Crippen molar-refractivity contribution in [2.75, 3.05) is 19.6 Å². The Kier molecular flexibility index (Phi) is 10.7. The molecular weight excluding hydrogens is 362 g/mol. The van der Waals surface area contributed by atoms with Gasteiger partial charge in [0, 0.05) is 16.1 Å². The first-order valence-corrected chi connectivity index (χ1v) is 8.71. The van der Waals surface area contributed by atoms with E-state index < -0.39 is 0 Å². The number of carbonyl (C=O) groups is 1. The first kappa shape index (κ1) is 21.4. The maximum absolute atomic E-state index is 12.3. The van der Waals surface area contributed by atoms with E-state index in [2.05, 4.69) is 42.9 Å². The molecule has 0 aliphatic rings. The molecule has 0 aliphatic carbocycles. The van der Waals surface area contributed by atoms with Crippen LogP contribution in [-0.4, -0.2) is 29.9 Å². The highest BCUT2D eigenvalue weighted by Gasteiger charge is 2.22. The number of nitrogens with zero attached hydrogens (tertiary/aromatic N) is 1. The molecule has 0 aliphatic heterocycles. The van der Waals surface area contributed by atoms with Gasteiger partial charge in [0.05, 0.1) is 25.8 Å². The number of ketones is 1. The molecule has 0 fully saturated rings. The lowest BCUT2D eigenvalue weighted by Gasteiger charge is -2.34. The van der Waals surface area contributed by atoms with Gasteiger partial charge >= 0.3 is 0 Å². The fourth-order valence-corrected chi connectivity index (χ4v) is 3.10. The Bertz CT molecular complexity index is 453. The molecule has 0 spiro atoms. The van der Waals surface area contributed by atoms with Crippen LogP contribution in [0, 0.1) is 0 Å². The highest BCUT2D eigenvalue weighted by atomic mass is 79.9. The normalized spacial score (nSPS) is 11.5. The van der Waals surface area contributed by atoms with Crippen molar-refractivity contribution in [3.05, 3.63) is 46.6 Å². The van der Waals surface area contributed by atoms with Crippen LogP contribution >= 0.6 is 15.9 Å². The second-order valence-electron chi connectivity index (χ2n) is 5.58. The smallest absolute Gasteiger partial charge is 0.191 e. The average molecular weight is 389 g/mol. The molecule has 0 unspecified atom stereocenters. The van der Waals surface area contributed by atoms with Gasteiger partial charge in [-0.3, -0.25) is 9.28 Å². The second-order valence-corrected chi connectivity index (χ2v) is 6.49. The number of carbonyl (C=O) groups excluding carboxylic acids is 1. The van der Waals surface area contributed by atoms with Gasteiger partial charge in [-0.05, 0) is 43.5 Å². The van der Waals surface area contributed by atoms with Crippen LogP contribution in [0.1, 0.15) is 50.4 Å². The molecule has 124 valence electrons. The fourth-order valence-electron chi connectivity index (χ4n) is 2.83. The Hall–Kier alpha value is -0.640. The monoisotopic (exact) mass is 387 g/mol. The van der Waals surface area contributed by atoms with Gasteiger partial charge < -0.3 is 12.4 Å². The zero-order valence-corrected chi connectivity index (χ0v) is 16.2. The minimum atomic E-state index is 0. The molecule has 0 amide bonds. The SMILES string of the molecule is CCC[N+](C=CC(=O)c1ccc(Br)cc1)(CCC)CCC.[Cl-]. The lowest BCUT2D eigenvalue weighted by molar-refractivity contribution is -0.879. The molecule has 0 bridgehead atoms. The van der Waals surface area contributed by atoms with E-state index in [9.17, 15) is 4.79 Å². The molecule has 0 aromatic heterocycles. The minimum Gasteiger partial charge on any atom is -1.00 e. The van der Waals surface area contributed by atoms with Gasteiger partial charge in [0.25, 0.3) is 0 Å². The molecule has 0 radical (unpaired) electrons. The first-order chi connectivity index (χ1) is 10.1. The van der Waals surface area contributed by atoms with Crippen molar-refractivity contribution in [2.24, 2.45) is 0 Å². The van der Waals surface area contributed by atoms with Gasteiger partial charge in [0.1, 0.15) is 0 Å². The standard InChI is InChI=1S/C18H27BrNO.ClH/c1-4-12-20(13-5-2,14-6-3)15-11-18(21)16-7-9-17(19)10-8-16;/h7-11,15H,4-6,12-14H2,1-3H3;1H/q+1;/p-1. The van der Waals surface area contributed by atoms with Crippen LogP contribution in [-0.2, 0) is 0 Å². The number of hydrogen-bond donors (Lipinski definition) is 0. The number of quaternary nitrogens is 1. The molecule has 2 nitrogen and oxygen atoms in total. The maximum atomic E-state index is 12.3. The second kappa shape index (κ2) is 11.0. The van der Waals surface area contributed by atoms with Crippen molar-refractivity contribution < 1.29 is 21.7 Å². The van der Waals surface area contributed by atoms with Gasteiger partial charge in [0.2, 0.25) is 0 Å². The van der Waals surface area contributed by atoms with Gasteiger partial charge in [-0.25, -0.2) is 0 Å². The summed E-state index contributed by atoms with van der Waals surface area (Å²) in [6.45, 7) is 9.94. The fraction of sp³-hybridized carbons (Fsp3) is 0.500. The van der Waals surface area contributed by atoms with Crippen molar-refractivity contribution in [3.8, 4) is 0 Å².